The normalized spacial score (nSPS) is 33.2. The maximum absolute atomic E-state index is 12.7. The molecule has 1 aliphatic heterocycles. The molecule has 2 rings (SSSR count). The van der Waals surface area contributed by atoms with Crippen LogP contribution in [0.1, 0.15) is 47.0 Å². The average Bonchev–Trinajstić information content (AvgIpc) is 2.40. The minimum atomic E-state index is 0.0555. The van der Waals surface area contributed by atoms with E-state index in [1.165, 1.54) is 6.42 Å². The zero-order valence-electron chi connectivity index (χ0n) is 13.6. The van der Waals surface area contributed by atoms with Crippen LogP contribution in [-0.2, 0) is 4.79 Å². The highest BCUT2D eigenvalue weighted by Crippen LogP contribution is 2.29. The Morgan fingerprint density at radius 2 is 1.70 bits per heavy atom. The predicted molar refractivity (Wildman–Crippen MR) is 82.4 cm³/mol. The molecule has 20 heavy (non-hydrogen) atoms. The van der Waals surface area contributed by atoms with Crippen molar-refractivity contribution in [2.24, 2.45) is 17.6 Å². The number of nitrogens with zero attached hydrogens (tertiary/aromatic N) is 2. The molecule has 1 heterocycles. The average molecular weight is 281 g/mol. The molecular weight excluding hydrogens is 250 g/mol. The van der Waals surface area contributed by atoms with Crippen molar-refractivity contribution in [2.75, 3.05) is 26.2 Å². The summed E-state index contributed by atoms with van der Waals surface area (Å²) in [5, 5.41) is 0. The summed E-state index contributed by atoms with van der Waals surface area (Å²) in [6.07, 6.45) is 3.14. The predicted octanol–water partition coefficient (Wildman–Crippen LogP) is 1.69. The molecule has 0 spiro atoms. The molecule has 1 saturated heterocycles. The van der Waals surface area contributed by atoms with Gasteiger partial charge in [-0.3, -0.25) is 9.69 Å². The summed E-state index contributed by atoms with van der Waals surface area (Å²) in [7, 11) is 0. The van der Waals surface area contributed by atoms with Gasteiger partial charge in [0.15, 0.2) is 0 Å². The number of carbonyl (C=O) groups excluding carboxylic acids is 1. The number of rotatable bonds is 1. The highest BCUT2D eigenvalue weighted by molar-refractivity contribution is 5.79. The van der Waals surface area contributed by atoms with Crippen molar-refractivity contribution in [3.63, 3.8) is 0 Å². The second kappa shape index (κ2) is 6.02. The molecule has 2 aliphatic rings. The van der Waals surface area contributed by atoms with Crippen molar-refractivity contribution in [1.82, 2.24) is 9.80 Å². The SMILES string of the molecule is CC1CCC(N)C(C(=O)N2CCN(C(C)(C)C)CC2)C1. The summed E-state index contributed by atoms with van der Waals surface area (Å²) in [6.45, 7) is 12.6. The summed E-state index contributed by atoms with van der Waals surface area (Å²) in [4.78, 5) is 17.2. The first-order valence-corrected chi connectivity index (χ1v) is 8.08. The summed E-state index contributed by atoms with van der Waals surface area (Å²) >= 11 is 0. The highest BCUT2D eigenvalue weighted by Gasteiger charge is 2.36. The summed E-state index contributed by atoms with van der Waals surface area (Å²) in [6, 6.07) is 0.0688. The number of carbonyl (C=O) groups is 1. The lowest BCUT2D eigenvalue weighted by Crippen LogP contribution is -2.57. The lowest BCUT2D eigenvalue weighted by Gasteiger charge is -2.44. The standard InChI is InChI=1S/C16H31N3O/c1-12-5-6-14(17)13(11-12)15(20)18-7-9-19(10-8-18)16(2,3)4/h12-14H,5-11,17H2,1-4H3. The first-order chi connectivity index (χ1) is 9.29. The van der Waals surface area contributed by atoms with Crippen molar-refractivity contribution in [1.29, 1.82) is 0 Å². The molecule has 116 valence electrons. The Morgan fingerprint density at radius 1 is 1.10 bits per heavy atom. The van der Waals surface area contributed by atoms with E-state index >= 15 is 0 Å². The van der Waals surface area contributed by atoms with Crippen LogP contribution in [-0.4, -0.2) is 53.5 Å². The van der Waals surface area contributed by atoms with Crippen LogP contribution in [0.25, 0.3) is 0 Å². The van der Waals surface area contributed by atoms with Crippen molar-refractivity contribution < 1.29 is 4.79 Å². The van der Waals surface area contributed by atoms with E-state index in [0.717, 1.165) is 39.0 Å². The van der Waals surface area contributed by atoms with E-state index in [9.17, 15) is 4.79 Å². The highest BCUT2D eigenvalue weighted by atomic mass is 16.2. The largest absolute Gasteiger partial charge is 0.340 e. The maximum atomic E-state index is 12.7. The van der Waals surface area contributed by atoms with Crippen LogP contribution in [0.2, 0.25) is 0 Å². The van der Waals surface area contributed by atoms with E-state index in [0.29, 0.717) is 11.8 Å². The van der Waals surface area contributed by atoms with Gasteiger partial charge in [0, 0.05) is 37.8 Å². The van der Waals surface area contributed by atoms with Gasteiger partial charge in [0.05, 0.1) is 5.92 Å². The van der Waals surface area contributed by atoms with Crippen LogP contribution in [0.15, 0.2) is 0 Å². The van der Waals surface area contributed by atoms with Crippen LogP contribution < -0.4 is 5.73 Å². The number of piperazine rings is 1. The molecule has 0 aromatic rings. The first kappa shape index (κ1) is 15.8. The Hall–Kier alpha value is -0.610. The van der Waals surface area contributed by atoms with Gasteiger partial charge in [-0.05, 0) is 46.0 Å². The smallest absolute Gasteiger partial charge is 0.227 e. The Balaban J connectivity index is 1.91. The Bertz CT molecular complexity index is 342. The lowest BCUT2D eigenvalue weighted by atomic mass is 9.78. The van der Waals surface area contributed by atoms with Crippen LogP contribution in [0.3, 0.4) is 0 Å². The van der Waals surface area contributed by atoms with Gasteiger partial charge in [-0.25, -0.2) is 0 Å². The molecule has 1 aliphatic carbocycles. The topological polar surface area (TPSA) is 49.6 Å². The third kappa shape index (κ3) is 3.53. The summed E-state index contributed by atoms with van der Waals surface area (Å²) in [5.74, 6) is 0.997. The molecule has 1 amide bonds. The van der Waals surface area contributed by atoms with Gasteiger partial charge in [0.25, 0.3) is 0 Å². The van der Waals surface area contributed by atoms with Gasteiger partial charge < -0.3 is 10.6 Å². The van der Waals surface area contributed by atoms with Gasteiger partial charge in [-0.15, -0.1) is 0 Å². The fraction of sp³-hybridized carbons (Fsp3) is 0.938. The minimum Gasteiger partial charge on any atom is -0.340 e. The number of amides is 1. The van der Waals surface area contributed by atoms with E-state index in [-0.39, 0.29) is 17.5 Å². The Kier molecular flexibility index (Phi) is 4.75. The fourth-order valence-electron chi connectivity index (χ4n) is 3.52. The van der Waals surface area contributed by atoms with E-state index in [1.54, 1.807) is 0 Å². The van der Waals surface area contributed by atoms with E-state index < -0.39 is 0 Å². The van der Waals surface area contributed by atoms with Gasteiger partial charge in [0.1, 0.15) is 0 Å². The maximum Gasteiger partial charge on any atom is 0.227 e. The molecular formula is C16H31N3O. The fourth-order valence-corrected chi connectivity index (χ4v) is 3.52. The Morgan fingerprint density at radius 3 is 2.25 bits per heavy atom. The molecule has 0 bridgehead atoms. The molecule has 4 nitrogen and oxygen atoms in total. The molecule has 1 saturated carbocycles. The summed E-state index contributed by atoms with van der Waals surface area (Å²) in [5.41, 5.74) is 6.39. The second-order valence-electron chi connectivity index (χ2n) is 7.67. The zero-order valence-corrected chi connectivity index (χ0v) is 13.6. The molecule has 0 aromatic heterocycles. The summed E-state index contributed by atoms with van der Waals surface area (Å²) < 4.78 is 0. The van der Waals surface area contributed by atoms with Gasteiger partial charge in [-0.1, -0.05) is 6.92 Å². The van der Waals surface area contributed by atoms with Gasteiger partial charge >= 0.3 is 0 Å². The molecule has 0 aromatic carbocycles. The van der Waals surface area contributed by atoms with Crippen molar-refractivity contribution in [3.05, 3.63) is 0 Å². The zero-order chi connectivity index (χ0) is 14.9. The molecule has 0 radical (unpaired) electrons. The van der Waals surface area contributed by atoms with Crippen LogP contribution in [0.5, 0.6) is 0 Å². The number of hydrogen-bond acceptors (Lipinski definition) is 3. The monoisotopic (exact) mass is 281 g/mol. The third-order valence-corrected chi connectivity index (χ3v) is 5.02. The molecule has 3 atom stereocenters. The van der Waals surface area contributed by atoms with Gasteiger partial charge in [0.2, 0.25) is 5.91 Å². The van der Waals surface area contributed by atoms with Crippen LogP contribution in [0.4, 0.5) is 0 Å². The lowest BCUT2D eigenvalue weighted by molar-refractivity contribution is -0.140. The quantitative estimate of drug-likeness (QED) is 0.796. The van der Waals surface area contributed by atoms with E-state index in [2.05, 4.69) is 32.6 Å². The van der Waals surface area contributed by atoms with Crippen molar-refractivity contribution >= 4 is 5.91 Å². The third-order valence-electron chi connectivity index (χ3n) is 5.02. The first-order valence-electron chi connectivity index (χ1n) is 8.08. The van der Waals surface area contributed by atoms with Crippen molar-refractivity contribution in [3.8, 4) is 0 Å². The number of nitrogens with two attached hydrogens (primary N) is 1. The molecule has 2 N–H and O–H groups in total. The second-order valence-corrected chi connectivity index (χ2v) is 7.67. The minimum absolute atomic E-state index is 0.0555. The van der Waals surface area contributed by atoms with Crippen LogP contribution >= 0.6 is 0 Å². The molecule has 4 heteroatoms. The van der Waals surface area contributed by atoms with E-state index in [4.69, 9.17) is 5.73 Å². The Labute approximate surface area is 123 Å². The van der Waals surface area contributed by atoms with Gasteiger partial charge in [-0.2, -0.15) is 0 Å². The molecule has 2 fully saturated rings. The molecule has 3 unspecified atom stereocenters. The van der Waals surface area contributed by atoms with Crippen LogP contribution in [0, 0.1) is 11.8 Å². The van der Waals surface area contributed by atoms with E-state index in [1.807, 2.05) is 4.90 Å². The number of hydrogen-bond donors (Lipinski definition) is 1. The van der Waals surface area contributed by atoms with Crippen molar-refractivity contribution in [2.45, 2.75) is 58.5 Å².